The van der Waals surface area contributed by atoms with Crippen molar-refractivity contribution in [2.45, 2.75) is 18.4 Å². The summed E-state index contributed by atoms with van der Waals surface area (Å²) in [5, 5.41) is 3.68. The van der Waals surface area contributed by atoms with Gasteiger partial charge in [-0.1, -0.05) is 18.2 Å². The minimum atomic E-state index is -3.73. The van der Waals surface area contributed by atoms with E-state index in [9.17, 15) is 18.0 Å². The number of nitrogens with one attached hydrogen (secondary N) is 1. The first kappa shape index (κ1) is 26.3. The van der Waals surface area contributed by atoms with Gasteiger partial charge in [-0.3, -0.25) is 4.79 Å². The number of hydrogen-bond acceptors (Lipinski definition) is 7. The molecule has 192 valence electrons. The summed E-state index contributed by atoms with van der Waals surface area (Å²) in [5.74, 6) is -0.266. The number of ether oxygens (including phenoxy) is 2. The number of esters is 1. The molecule has 1 aromatic heterocycles. The highest BCUT2D eigenvalue weighted by molar-refractivity contribution is 7.89. The smallest absolute Gasteiger partial charge is 0.348 e. The highest BCUT2D eigenvalue weighted by atomic mass is 32.2. The zero-order valence-corrected chi connectivity index (χ0v) is 22.2. The molecule has 8 nitrogen and oxygen atoms in total. The van der Waals surface area contributed by atoms with Crippen LogP contribution in [0, 0.1) is 0 Å². The van der Waals surface area contributed by atoms with E-state index in [0.717, 1.165) is 10.1 Å². The number of sulfonamides is 1. The Hall–Kier alpha value is -3.73. The minimum Gasteiger partial charge on any atom is -0.494 e. The molecule has 37 heavy (non-hydrogen) atoms. The van der Waals surface area contributed by atoms with Crippen LogP contribution < -0.4 is 10.1 Å². The first-order valence-electron chi connectivity index (χ1n) is 11.4. The van der Waals surface area contributed by atoms with Gasteiger partial charge < -0.3 is 14.8 Å². The normalized spacial score (nSPS) is 11.5. The Morgan fingerprint density at radius 3 is 2.46 bits per heavy atom. The second kappa shape index (κ2) is 11.1. The molecule has 3 aromatic carbocycles. The van der Waals surface area contributed by atoms with E-state index >= 15 is 0 Å². The molecule has 0 radical (unpaired) electrons. The second-order valence-corrected chi connectivity index (χ2v) is 11.3. The molecule has 4 rings (SSSR count). The Labute approximate surface area is 219 Å². The van der Waals surface area contributed by atoms with Crippen LogP contribution in [0.25, 0.3) is 10.1 Å². The summed E-state index contributed by atoms with van der Waals surface area (Å²) in [6.07, 6.45) is 0. The number of rotatable bonds is 9. The number of methoxy groups -OCH3 is 1. The maximum absolute atomic E-state index is 13.1. The van der Waals surface area contributed by atoms with Crippen molar-refractivity contribution in [1.82, 2.24) is 4.31 Å². The van der Waals surface area contributed by atoms with Gasteiger partial charge in [-0.15, -0.1) is 11.3 Å². The maximum Gasteiger partial charge on any atom is 0.348 e. The molecule has 0 spiro atoms. The van der Waals surface area contributed by atoms with Gasteiger partial charge in [-0.25, -0.2) is 13.2 Å². The summed E-state index contributed by atoms with van der Waals surface area (Å²) in [6, 6.07) is 20.2. The summed E-state index contributed by atoms with van der Waals surface area (Å²) in [4.78, 5) is 25.6. The number of nitrogens with zero attached hydrogens (tertiary/aromatic N) is 1. The van der Waals surface area contributed by atoms with E-state index in [4.69, 9.17) is 9.47 Å². The third-order valence-corrected chi connectivity index (χ3v) is 8.54. The first-order valence-corrected chi connectivity index (χ1v) is 13.7. The van der Waals surface area contributed by atoms with Crippen molar-refractivity contribution < 1.29 is 27.5 Å². The van der Waals surface area contributed by atoms with E-state index in [1.54, 1.807) is 54.6 Å². The van der Waals surface area contributed by atoms with E-state index in [1.807, 2.05) is 13.0 Å². The van der Waals surface area contributed by atoms with Crippen molar-refractivity contribution in [2.24, 2.45) is 0 Å². The summed E-state index contributed by atoms with van der Waals surface area (Å²) in [7, 11) is -0.911. The van der Waals surface area contributed by atoms with E-state index < -0.39 is 16.0 Å². The largest absolute Gasteiger partial charge is 0.494 e. The van der Waals surface area contributed by atoms with Crippen molar-refractivity contribution in [1.29, 1.82) is 0 Å². The Bertz CT molecular complexity index is 1550. The highest BCUT2D eigenvalue weighted by Crippen LogP contribution is 2.29. The molecular weight excluding hydrogens is 512 g/mol. The number of carbonyl (C=O) groups excluding carboxylic acids is 2. The number of benzene rings is 3. The van der Waals surface area contributed by atoms with Crippen molar-refractivity contribution in [3.05, 3.63) is 88.8 Å². The van der Waals surface area contributed by atoms with Gasteiger partial charge in [0, 0.05) is 35.1 Å². The van der Waals surface area contributed by atoms with E-state index in [0.29, 0.717) is 34.0 Å². The van der Waals surface area contributed by atoms with E-state index in [2.05, 4.69) is 5.32 Å². The standard InChI is InChI=1S/C27H26N2O6S2/c1-4-35-23-12-10-18(14-20(23)17-29(2)37(32,33)22-8-6-5-7-9-22)26(30)28-21-11-13-24-19(15-21)16-25(36-24)27(31)34-3/h5-16H,4,17H2,1-3H3,(H,28,30). The lowest BCUT2D eigenvalue weighted by Crippen LogP contribution is -2.27. The molecule has 0 aliphatic carbocycles. The number of anilines is 1. The average Bonchev–Trinajstić information content (AvgIpc) is 3.33. The van der Waals surface area contributed by atoms with Crippen LogP contribution in [0.5, 0.6) is 5.75 Å². The monoisotopic (exact) mass is 538 g/mol. The number of carbonyl (C=O) groups is 2. The van der Waals surface area contributed by atoms with Crippen LogP contribution >= 0.6 is 11.3 Å². The van der Waals surface area contributed by atoms with Crippen LogP contribution in [0.1, 0.15) is 32.5 Å². The molecule has 0 atom stereocenters. The van der Waals surface area contributed by atoms with Crippen LogP contribution in [0.3, 0.4) is 0 Å². The van der Waals surface area contributed by atoms with Crippen LogP contribution in [0.4, 0.5) is 5.69 Å². The highest BCUT2D eigenvalue weighted by Gasteiger charge is 2.22. The molecule has 1 N–H and O–H groups in total. The van der Waals surface area contributed by atoms with Gasteiger partial charge in [0.2, 0.25) is 10.0 Å². The Balaban J connectivity index is 1.57. The summed E-state index contributed by atoms with van der Waals surface area (Å²) >= 11 is 1.31. The Morgan fingerprint density at radius 1 is 1.00 bits per heavy atom. The summed E-state index contributed by atoms with van der Waals surface area (Å²) < 4.78 is 38.6. The second-order valence-electron chi connectivity index (χ2n) is 8.14. The zero-order valence-electron chi connectivity index (χ0n) is 20.6. The summed E-state index contributed by atoms with van der Waals surface area (Å²) in [6.45, 7) is 2.24. The third-order valence-electron chi connectivity index (χ3n) is 5.63. The van der Waals surface area contributed by atoms with Crippen LogP contribution in [0.15, 0.2) is 77.7 Å². The molecule has 0 saturated heterocycles. The molecule has 1 amide bonds. The van der Waals surface area contributed by atoms with Gasteiger partial charge in [0.15, 0.2) is 0 Å². The number of amides is 1. The molecule has 0 aliphatic heterocycles. The predicted octanol–water partition coefficient (Wildman–Crippen LogP) is 5.16. The fourth-order valence-electron chi connectivity index (χ4n) is 3.76. The minimum absolute atomic E-state index is 0.0187. The molecule has 0 bridgehead atoms. The predicted molar refractivity (Wildman–Crippen MR) is 144 cm³/mol. The zero-order chi connectivity index (χ0) is 26.6. The fraction of sp³-hybridized carbons (Fsp3) is 0.185. The Kier molecular flexibility index (Phi) is 7.91. The molecular formula is C27H26N2O6S2. The number of fused-ring (bicyclic) bond motifs is 1. The fourth-order valence-corrected chi connectivity index (χ4v) is 5.89. The molecule has 0 aliphatic rings. The maximum atomic E-state index is 13.1. The van der Waals surface area contributed by atoms with Crippen molar-refractivity contribution in [2.75, 3.05) is 26.1 Å². The number of thiophene rings is 1. The molecule has 0 unspecified atom stereocenters. The molecule has 10 heteroatoms. The van der Waals surface area contributed by atoms with Crippen molar-refractivity contribution in [3.63, 3.8) is 0 Å². The van der Waals surface area contributed by atoms with Gasteiger partial charge in [0.05, 0.1) is 18.6 Å². The molecule has 0 fully saturated rings. The molecule has 0 saturated carbocycles. The lowest BCUT2D eigenvalue weighted by molar-refractivity contribution is 0.0606. The number of hydrogen-bond donors (Lipinski definition) is 1. The molecule has 1 heterocycles. The SMILES string of the molecule is CCOc1ccc(C(=O)Nc2ccc3sc(C(=O)OC)cc3c2)cc1CN(C)S(=O)(=O)c1ccccc1. The lowest BCUT2D eigenvalue weighted by atomic mass is 10.1. The first-order chi connectivity index (χ1) is 17.7. The molecule has 4 aromatic rings. The summed E-state index contributed by atoms with van der Waals surface area (Å²) in [5.41, 5.74) is 1.48. The van der Waals surface area contributed by atoms with Gasteiger partial charge in [-0.2, -0.15) is 4.31 Å². The topological polar surface area (TPSA) is 102 Å². The van der Waals surface area contributed by atoms with Gasteiger partial charge in [0.1, 0.15) is 10.6 Å². The van der Waals surface area contributed by atoms with Crippen LogP contribution in [-0.4, -0.2) is 45.4 Å². The third kappa shape index (κ3) is 5.82. The quantitative estimate of drug-likeness (QED) is 0.296. The Morgan fingerprint density at radius 2 is 1.76 bits per heavy atom. The van der Waals surface area contributed by atoms with Crippen molar-refractivity contribution >= 4 is 49.0 Å². The lowest BCUT2D eigenvalue weighted by Gasteiger charge is -2.20. The van der Waals surface area contributed by atoms with Gasteiger partial charge in [-0.05, 0) is 66.9 Å². The van der Waals surface area contributed by atoms with E-state index in [-0.39, 0.29) is 17.3 Å². The average molecular weight is 539 g/mol. The van der Waals surface area contributed by atoms with Crippen LogP contribution in [0.2, 0.25) is 0 Å². The van der Waals surface area contributed by atoms with Gasteiger partial charge >= 0.3 is 5.97 Å². The van der Waals surface area contributed by atoms with Gasteiger partial charge in [0.25, 0.3) is 5.91 Å². The van der Waals surface area contributed by atoms with Crippen molar-refractivity contribution in [3.8, 4) is 5.75 Å². The van der Waals surface area contributed by atoms with E-state index in [1.165, 1.54) is 41.9 Å². The van der Waals surface area contributed by atoms with Crippen LogP contribution in [-0.2, 0) is 21.3 Å².